The van der Waals surface area contributed by atoms with E-state index in [1.165, 1.54) is 0 Å². The van der Waals surface area contributed by atoms with Crippen LogP contribution in [0.1, 0.15) is 36.3 Å². The van der Waals surface area contributed by atoms with Crippen LogP contribution in [0.5, 0.6) is 11.6 Å². The molecule has 1 aromatic heterocycles. The molecular formula is C19H22ClN3O4. The second-order valence-electron chi connectivity index (χ2n) is 7.58. The first-order valence-electron chi connectivity index (χ1n) is 8.98. The summed E-state index contributed by atoms with van der Waals surface area (Å²) in [5.41, 5.74) is 0.310. The number of hydrogen-bond donors (Lipinski definition) is 2. The molecule has 1 amide bonds. The molecule has 1 aromatic carbocycles. The molecule has 144 valence electrons. The Hall–Kier alpha value is -2.25. The number of benzene rings is 1. The van der Waals surface area contributed by atoms with Crippen LogP contribution in [-0.2, 0) is 13.0 Å². The van der Waals surface area contributed by atoms with Gasteiger partial charge in [-0.25, -0.2) is 4.68 Å². The highest BCUT2D eigenvalue weighted by Crippen LogP contribution is 2.29. The van der Waals surface area contributed by atoms with E-state index < -0.39 is 5.60 Å². The van der Waals surface area contributed by atoms with Crippen molar-refractivity contribution in [3.63, 3.8) is 0 Å². The number of amides is 1. The highest BCUT2D eigenvalue weighted by atomic mass is 35.5. The summed E-state index contributed by atoms with van der Waals surface area (Å²) in [4.78, 5) is 12.6. The average Bonchev–Trinajstić information content (AvgIpc) is 3.04. The molecule has 3 heterocycles. The molecule has 27 heavy (non-hydrogen) atoms. The van der Waals surface area contributed by atoms with Gasteiger partial charge in [-0.15, -0.1) is 0 Å². The largest absolute Gasteiger partial charge is 0.491 e. The molecule has 0 fully saturated rings. The predicted molar refractivity (Wildman–Crippen MR) is 99.5 cm³/mol. The van der Waals surface area contributed by atoms with Gasteiger partial charge in [-0.2, -0.15) is 5.10 Å². The molecule has 2 atom stereocenters. The summed E-state index contributed by atoms with van der Waals surface area (Å²) in [5, 5.41) is 18.1. The molecule has 2 aromatic rings. The quantitative estimate of drug-likeness (QED) is 0.837. The molecule has 2 aliphatic rings. The van der Waals surface area contributed by atoms with Gasteiger partial charge in [0, 0.05) is 24.1 Å². The number of carbonyl (C=O) groups excluding carboxylic acids is 1. The number of nitrogens with one attached hydrogen (secondary N) is 1. The minimum atomic E-state index is -0.952. The van der Waals surface area contributed by atoms with Crippen molar-refractivity contribution in [1.29, 1.82) is 0 Å². The number of carbonyl (C=O) groups is 1. The zero-order chi connectivity index (χ0) is 19.2. The topological polar surface area (TPSA) is 85.6 Å². The third kappa shape index (κ3) is 3.75. The Morgan fingerprint density at radius 1 is 1.41 bits per heavy atom. The van der Waals surface area contributed by atoms with Crippen LogP contribution in [0.2, 0.25) is 5.02 Å². The van der Waals surface area contributed by atoms with Gasteiger partial charge in [0.1, 0.15) is 18.5 Å². The Morgan fingerprint density at radius 2 is 2.22 bits per heavy atom. The SMILES string of the molecule is CC(C)(O)C1CCn2nc(C(=O)N[C@H]3COc4ccc(Cl)cc4C3)cc2O1. The molecule has 8 heteroatoms. The predicted octanol–water partition coefficient (Wildman–Crippen LogP) is 2.19. The van der Waals surface area contributed by atoms with Gasteiger partial charge < -0.3 is 19.9 Å². The van der Waals surface area contributed by atoms with Crippen molar-refractivity contribution in [2.75, 3.05) is 6.61 Å². The van der Waals surface area contributed by atoms with E-state index in [4.69, 9.17) is 21.1 Å². The van der Waals surface area contributed by atoms with E-state index in [0.717, 1.165) is 11.3 Å². The lowest BCUT2D eigenvalue weighted by molar-refractivity contribution is -0.0533. The number of aryl methyl sites for hydroxylation is 1. The van der Waals surface area contributed by atoms with Crippen molar-refractivity contribution in [3.8, 4) is 11.6 Å². The van der Waals surface area contributed by atoms with E-state index >= 15 is 0 Å². The molecule has 0 bridgehead atoms. The van der Waals surface area contributed by atoms with Gasteiger partial charge in [0.05, 0.1) is 11.6 Å². The number of halogens is 1. The van der Waals surface area contributed by atoms with Gasteiger partial charge in [0.2, 0.25) is 5.88 Å². The summed E-state index contributed by atoms with van der Waals surface area (Å²) in [6.45, 7) is 4.41. The van der Waals surface area contributed by atoms with E-state index in [2.05, 4.69) is 10.4 Å². The van der Waals surface area contributed by atoms with Crippen molar-refractivity contribution >= 4 is 17.5 Å². The summed E-state index contributed by atoms with van der Waals surface area (Å²) in [6.07, 6.45) is 0.949. The molecule has 4 rings (SSSR count). The fourth-order valence-electron chi connectivity index (χ4n) is 3.42. The van der Waals surface area contributed by atoms with Crippen LogP contribution in [0.4, 0.5) is 0 Å². The average molecular weight is 392 g/mol. The first-order chi connectivity index (χ1) is 12.8. The smallest absolute Gasteiger partial charge is 0.272 e. The Bertz CT molecular complexity index is 874. The van der Waals surface area contributed by atoms with Gasteiger partial charge in [-0.05, 0) is 44.0 Å². The number of aromatic nitrogens is 2. The van der Waals surface area contributed by atoms with Crippen LogP contribution < -0.4 is 14.8 Å². The van der Waals surface area contributed by atoms with Crippen LogP contribution in [0.15, 0.2) is 24.3 Å². The molecule has 1 unspecified atom stereocenters. The Kier molecular flexibility index (Phi) is 4.52. The zero-order valence-electron chi connectivity index (χ0n) is 15.2. The Morgan fingerprint density at radius 3 is 3.00 bits per heavy atom. The van der Waals surface area contributed by atoms with E-state index in [1.807, 2.05) is 12.1 Å². The molecule has 0 saturated heterocycles. The first-order valence-corrected chi connectivity index (χ1v) is 9.36. The summed E-state index contributed by atoms with van der Waals surface area (Å²) >= 11 is 6.04. The highest BCUT2D eigenvalue weighted by Gasteiger charge is 2.34. The van der Waals surface area contributed by atoms with E-state index in [1.54, 1.807) is 30.7 Å². The number of rotatable bonds is 3. The van der Waals surface area contributed by atoms with Crippen molar-refractivity contribution < 1.29 is 19.4 Å². The van der Waals surface area contributed by atoms with Crippen LogP contribution >= 0.6 is 11.6 Å². The molecule has 0 radical (unpaired) electrons. The van der Waals surface area contributed by atoms with Gasteiger partial charge >= 0.3 is 0 Å². The molecule has 2 aliphatic heterocycles. The standard InChI is InChI=1S/C19H22ClN3O4/c1-19(2,25)16-5-6-23-17(27-16)9-14(22-23)18(24)21-13-8-11-7-12(20)3-4-15(11)26-10-13/h3-4,7,9,13,16,25H,5-6,8,10H2,1-2H3,(H,21,24)/t13-,16?/m1/s1. The molecular weight excluding hydrogens is 370 g/mol. The molecule has 0 aliphatic carbocycles. The third-order valence-corrected chi connectivity index (χ3v) is 5.13. The second kappa shape index (κ2) is 6.73. The van der Waals surface area contributed by atoms with Gasteiger partial charge in [0.15, 0.2) is 5.69 Å². The number of hydrogen-bond acceptors (Lipinski definition) is 5. The lowest BCUT2D eigenvalue weighted by Gasteiger charge is -2.32. The maximum atomic E-state index is 12.6. The maximum Gasteiger partial charge on any atom is 0.272 e. The monoisotopic (exact) mass is 391 g/mol. The normalized spacial score (nSPS) is 21.5. The summed E-state index contributed by atoms with van der Waals surface area (Å²) in [7, 11) is 0. The highest BCUT2D eigenvalue weighted by molar-refractivity contribution is 6.30. The van der Waals surface area contributed by atoms with Crippen LogP contribution in [0.25, 0.3) is 0 Å². The summed E-state index contributed by atoms with van der Waals surface area (Å²) < 4.78 is 13.2. The van der Waals surface area contributed by atoms with Gasteiger partial charge in [0.25, 0.3) is 5.91 Å². The fourth-order valence-corrected chi connectivity index (χ4v) is 3.62. The summed E-state index contributed by atoms with van der Waals surface area (Å²) in [6, 6.07) is 6.94. The van der Waals surface area contributed by atoms with Gasteiger partial charge in [-0.1, -0.05) is 11.6 Å². The van der Waals surface area contributed by atoms with Crippen LogP contribution in [0, 0.1) is 0 Å². The zero-order valence-corrected chi connectivity index (χ0v) is 16.0. The van der Waals surface area contributed by atoms with Crippen molar-refractivity contribution in [3.05, 3.63) is 40.5 Å². The maximum absolute atomic E-state index is 12.6. The van der Waals surface area contributed by atoms with Crippen molar-refractivity contribution in [2.24, 2.45) is 0 Å². The fraction of sp³-hybridized carbons (Fsp3) is 0.474. The minimum Gasteiger partial charge on any atom is -0.491 e. The lowest BCUT2D eigenvalue weighted by atomic mass is 9.98. The molecule has 2 N–H and O–H groups in total. The van der Waals surface area contributed by atoms with E-state index in [-0.39, 0.29) is 18.1 Å². The third-order valence-electron chi connectivity index (χ3n) is 4.89. The minimum absolute atomic E-state index is 0.160. The number of ether oxygens (including phenoxy) is 2. The van der Waals surface area contributed by atoms with Crippen LogP contribution in [0.3, 0.4) is 0 Å². The second-order valence-corrected chi connectivity index (χ2v) is 8.01. The van der Waals surface area contributed by atoms with Crippen molar-refractivity contribution in [2.45, 2.75) is 51.0 Å². The number of fused-ring (bicyclic) bond motifs is 2. The summed E-state index contributed by atoms with van der Waals surface area (Å²) in [5.74, 6) is 1.02. The van der Waals surface area contributed by atoms with Gasteiger partial charge in [-0.3, -0.25) is 4.79 Å². The lowest BCUT2D eigenvalue weighted by Crippen LogP contribution is -2.43. The van der Waals surface area contributed by atoms with E-state index in [0.29, 0.717) is 42.6 Å². The first kappa shape index (κ1) is 18.1. The van der Waals surface area contributed by atoms with Crippen LogP contribution in [-0.4, -0.2) is 45.1 Å². The Labute approximate surface area is 162 Å². The number of aliphatic hydroxyl groups is 1. The Balaban J connectivity index is 1.44. The molecule has 0 spiro atoms. The van der Waals surface area contributed by atoms with Crippen molar-refractivity contribution in [1.82, 2.24) is 15.1 Å². The molecule has 0 saturated carbocycles. The number of nitrogens with zero attached hydrogens (tertiary/aromatic N) is 2. The molecule has 7 nitrogen and oxygen atoms in total. The van der Waals surface area contributed by atoms with E-state index in [9.17, 15) is 9.90 Å².